The zero-order valence-electron chi connectivity index (χ0n) is 13.3. The molecule has 0 aliphatic carbocycles. The van der Waals surface area contributed by atoms with Gasteiger partial charge in [0.05, 0.1) is 12.6 Å². The van der Waals surface area contributed by atoms with E-state index in [2.05, 4.69) is 28.6 Å². The van der Waals surface area contributed by atoms with Gasteiger partial charge >= 0.3 is 5.97 Å². The first-order valence-electron chi connectivity index (χ1n) is 7.44. The standard InChI is InChI=1S/C13H25N5O5S/c14-4-2-1-3-8(15)12(22)18-9(7-24)13(23)17-5-10(19)16-6-11(20)21/h8-9,24H,1-7,14-15H2,(H,16,19)(H,17,23)(H,18,22)(H,20,21). The van der Waals surface area contributed by atoms with E-state index in [1.54, 1.807) is 0 Å². The number of unbranched alkanes of at least 4 members (excludes halogenated alkanes) is 1. The van der Waals surface area contributed by atoms with Gasteiger partial charge in [0.1, 0.15) is 12.6 Å². The highest BCUT2D eigenvalue weighted by Crippen LogP contribution is 1.99. The van der Waals surface area contributed by atoms with Crippen LogP contribution in [0, 0.1) is 0 Å². The molecule has 0 aliphatic rings. The van der Waals surface area contributed by atoms with Gasteiger partial charge in [0.25, 0.3) is 0 Å². The SMILES string of the molecule is NCCCCC(N)C(=O)NC(CS)C(=O)NCC(=O)NCC(=O)O. The van der Waals surface area contributed by atoms with Crippen molar-refractivity contribution in [2.24, 2.45) is 11.5 Å². The molecule has 0 saturated heterocycles. The summed E-state index contributed by atoms with van der Waals surface area (Å²) in [6, 6.07) is -1.71. The molecule has 2 unspecified atom stereocenters. The van der Waals surface area contributed by atoms with Crippen molar-refractivity contribution < 1.29 is 24.3 Å². The molecule has 0 aromatic carbocycles. The number of hydrogen-bond donors (Lipinski definition) is 7. The topological polar surface area (TPSA) is 177 Å². The predicted octanol–water partition coefficient (Wildman–Crippen LogP) is -2.83. The molecular formula is C13H25N5O5S. The highest BCUT2D eigenvalue weighted by molar-refractivity contribution is 7.80. The Morgan fingerprint density at radius 3 is 2.25 bits per heavy atom. The summed E-state index contributed by atoms with van der Waals surface area (Å²) in [4.78, 5) is 45.4. The van der Waals surface area contributed by atoms with Crippen LogP contribution in [0.1, 0.15) is 19.3 Å². The van der Waals surface area contributed by atoms with Crippen LogP contribution in [0.15, 0.2) is 0 Å². The number of carbonyl (C=O) groups excluding carboxylic acids is 3. The Kier molecular flexibility index (Phi) is 11.6. The van der Waals surface area contributed by atoms with Gasteiger partial charge in [-0.2, -0.15) is 12.6 Å². The first-order valence-corrected chi connectivity index (χ1v) is 8.08. The molecule has 0 bridgehead atoms. The summed E-state index contributed by atoms with van der Waals surface area (Å²) in [7, 11) is 0. The number of amides is 3. The number of nitrogens with one attached hydrogen (secondary N) is 3. The lowest BCUT2D eigenvalue weighted by Crippen LogP contribution is -2.53. The van der Waals surface area contributed by atoms with E-state index in [0.717, 1.165) is 6.42 Å². The molecule has 0 rings (SSSR count). The molecule has 10 nitrogen and oxygen atoms in total. The fourth-order valence-electron chi connectivity index (χ4n) is 1.64. The Morgan fingerprint density at radius 1 is 1.04 bits per heavy atom. The molecule has 8 N–H and O–H groups in total. The third-order valence-electron chi connectivity index (χ3n) is 2.98. The first kappa shape index (κ1) is 22.1. The van der Waals surface area contributed by atoms with E-state index in [-0.39, 0.29) is 5.75 Å². The average molecular weight is 363 g/mol. The lowest BCUT2D eigenvalue weighted by atomic mass is 10.1. The summed E-state index contributed by atoms with van der Waals surface area (Å²) in [6.07, 6.45) is 1.90. The van der Waals surface area contributed by atoms with E-state index in [4.69, 9.17) is 16.6 Å². The van der Waals surface area contributed by atoms with Crippen LogP contribution in [0.25, 0.3) is 0 Å². The summed E-state index contributed by atoms with van der Waals surface area (Å²) in [5.74, 6) is -2.94. The smallest absolute Gasteiger partial charge is 0.322 e. The van der Waals surface area contributed by atoms with Crippen LogP contribution in [0.3, 0.4) is 0 Å². The predicted molar refractivity (Wildman–Crippen MR) is 90.3 cm³/mol. The van der Waals surface area contributed by atoms with Gasteiger partial charge in [0, 0.05) is 5.75 Å². The highest BCUT2D eigenvalue weighted by Gasteiger charge is 2.22. The van der Waals surface area contributed by atoms with Crippen molar-refractivity contribution in [1.82, 2.24) is 16.0 Å². The third kappa shape index (κ3) is 10.0. The molecule has 0 saturated carbocycles. The molecule has 0 fully saturated rings. The Bertz CT molecular complexity index is 448. The summed E-state index contributed by atoms with van der Waals surface area (Å²) in [5.41, 5.74) is 11.1. The maximum atomic E-state index is 11.9. The van der Waals surface area contributed by atoms with Gasteiger partial charge in [-0.3, -0.25) is 19.2 Å². The minimum absolute atomic E-state index is 0.0177. The molecule has 0 aromatic heterocycles. The largest absolute Gasteiger partial charge is 0.480 e. The number of hydrogen-bond acceptors (Lipinski definition) is 7. The number of nitrogens with two attached hydrogens (primary N) is 2. The van der Waals surface area contributed by atoms with Gasteiger partial charge in [-0.05, 0) is 19.4 Å². The summed E-state index contributed by atoms with van der Waals surface area (Å²) in [5, 5.41) is 15.3. The molecule has 0 aromatic rings. The number of thiol groups is 1. The van der Waals surface area contributed by atoms with Gasteiger partial charge < -0.3 is 32.5 Å². The quantitative estimate of drug-likeness (QED) is 0.144. The summed E-state index contributed by atoms with van der Waals surface area (Å²) >= 11 is 3.99. The van der Waals surface area contributed by atoms with Crippen molar-refractivity contribution in [1.29, 1.82) is 0 Å². The fourth-order valence-corrected chi connectivity index (χ4v) is 1.90. The second-order valence-corrected chi connectivity index (χ2v) is 5.39. The molecular weight excluding hydrogens is 338 g/mol. The van der Waals surface area contributed by atoms with E-state index in [9.17, 15) is 19.2 Å². The van der Waals surface area contributed by atoms with Crippen molar-refractivity contribution in [2.75, 3.05) is 25.4 Å². The van der Waals surface area contributed by atoms with Crippen LogP contribution in [0.4, 0.5) is 0 Å². The zero-order chi connectivity index (χ0) is 18.5. The number of carboxylic acid groups (broad SMARTS) is 1. The van der Waals surface area contributed by atoms with Crippen molar-refractivity contribution in [3.63, 3.8) is 0 Å². The van der Waals surface area contributed by atoms with Gasteiger partial charge in [-0.1, -0.05) is 6.42 Å². The summed E-state index contributed by atoms with van der Waals surface area (Å²) in [6.45, 7) is -0.437. The van der Waals surface area contributed by atoms with Crippen molar-refractivity contribution in [2.45, 2.75) is 31.3 Å². The molecule has 0 aliphatic heterocycles. The van der Waals surface area contributed by atoms with Crippen molar-refractivity contribution in [3.05, 3.63) is 0 Å². The Hall–Kier alpha value is -1.85. The first-order chi connectivity index (χ1) is 11.3. The van der Waals surface area contributed by atoms with E-state index in [1.807, 2.05) is 0 Å². The summed E-state index contributed by atoms with van der Waals surface area (Å²) < 4.78 is 0. The van der Waals surface area contributed by atoms with E-state index in [0.29, 0.717) is 19.4 Å². The Balaban J connectivity index is 4.26. The maximum Gasteiger partial charge on any atom is 0.322 e. The lowest BCUT2D eigenvalue weighted by Gasteiger charge is -2.19. The monoisotopic (exact) mass is 363 g/mol. The van der Waals surface area contributed by atoms with E-state index in [1.165, 1.54) is 0 Å². The molecule has 0 heterocycles. The number of carbonyl (C=O) groups is 4. The van der Waals surface area contributed by atoms with Crippen LogP contribution in [-0.2, 0) is 19.2 Å². The minimum atomic E-state index is -1.20. The van der Waals surface area contributed by atoms with Gasteiger partial charge in [0.15, 0.2) is 0 Å². The van der Waals surface area contributed by atoms with Crippen molar-refractivity contribution >= 4 is 36.3 Å². The van der Waals surface area contributed by atoms with Crippen LogP contribution < -0.4 is 27.4 Å². The lowest BCUT2D eigenvalue weighted by molar-refractivity contribution is -0.138. The maximum absolute atomic E-state index is 11.9. The van der Waals surface area contributed by atoms with Crippen LogP contribution in [0.2, 0.25) is 0 Å². The Morgan fingerprint density at radius 2 is 1.71 bits per heavy atom. The van der Waals surface area contributed by atoms with E-state index >= 15 is 0 Å². The third-order valence-corrected chi connectivity index (χ3v) is 3.35. The van der Waals surface area contributed by atoms with Crippen molar-refractivity contribution in [3.8, 4) is 0 Å². The Labute approximate surface area is 145 Å². The minimum Gasteiger partial charge on any atom is -0.480 e. The molecule has 2 atom stereocenters. The van der Waals surface area contributed by atoms with Crippen LogP contribution >= 0.6 is 12.6 Å². The second kappa shape index (κ2) is 12.6. The fraction of sp³-hybridized carbons (Fsp3) is 0.692. The van der Waals surface area contributed by atoms with Gasteiger partial charge in [0.2, 0.25) is 17.7 Å². The van der Waals surface area contributed by atoms with Gasteiger partial charge in [-0.25, -0.2) is 0 Å². The molecule has 0 radical (unpaired) electrons. The normalized spacial score (nSPS) is 12.8. The number of carboxylic acids is 1. The molecule has 138 valence electrons. The number of rotatable bonds is 12. The van der Waals surface area contributed by atoms with Crippen LogP contribution in [0.5, 0.6) is 0 Å². The molecule has 0 spiro atoms. The zero-order valence-corrected chi connectivity index (χ0v) is 14.2. The molecule has 11 heteroatoms. The second-order valence-electron chi connectivity index (χ2n) is 5.02. The van der Waals surface area contributed by atoms with Gasteiger partial charge in [-0.15, -0.1) is 0 Å². The molecule has 24 heavy (non-hydrogen) atoms. The average Bonchev–Trinajstić information content (AvgIpc) is 2.55. The molecule has 3 amide bonds. The van der Waals surface area contributed by atoms with Crippen LogP contribution in [-0.4, -0.2) is 66.3 Å². The highest BCUT2D eigenvalue weighted by atomic mass is 32.1. The number of aliphatic carboxylic acids is 1. The van der Waals surface area contributed by atoms with E-state index < -0.39 is 48.9 Å².